The van der Waals surface area contributed by atoms with Crippen LogP contribution in [0.25, 0.3) is 22.1 Å². The van der Waals surface area contributed by atoms with Crippen LogP contribution in [0.1, 0.15) is 128 Å². The number of halogens is 4. The summed E-state index contributed by atoms with van der Waals surface area (Å²) in [5.74, 6) is 0.867. The molecule has 6 rings (SSSR count). The predicted molar refractivity (Wildman–Crippen MR) is 193 cm³/mol. The van der Waals surface area contributed by atoms with Crippen LogP contribution >= 0.6 is 0 Å². The van der Waals surface area contributed by atoms with Crippen LogP contribution in [0, 0.1) is 34.5 Å². The predicted octanol–water partition coefficient (Wildman–Crippen LogP) is 8.90. The Bertz CT molecular complexity index is 1860. The maximum absolute atomic E-state index is 13.7. The summed E-state index contributed by atoms with van der Waals surface area (Å²) >= 11 is 0. The van der Waals surface area contributed by atoms with Gasteiger partial charge in [-0.15, -0.1) is 0 Å². The van der Waals surface area contributed by atoms with E-state index in [2.05, 4.69) is 32.4 Å². The van der Waals surface area contributed by atoms with Crippen molar-refractivity contribution in [2.75, 3.05) is 0 Å². The Morgan fingerprint density at radius 1 is 0.673 bits per heavy atom. The highest BCUT2D eigenvalue weighted by atomic mass is 19.3. The monoisotopic (exact) mass is 720 g/mol. The first-order chi connectivity index (χ1) is 24.3. The number of hydrogen-bond donors (Lipinski definition) is 4. The van der Waals surface area contributed by atoms with E-state index >= 15 is 0 Å². The van der Waals surface area contributed by atoms with Gasteiger partial charge in [-0.1, -0.05) is 53.4 Å². The minimum absolute atomic E-state index is 0.163. The molecule has 2 saturated carbocycles. The van der Waals surface area contributed by atoms with Gasteiger partial charge < -0.3 is 20.6 Å². The van der Waals surface area contributed by atoms with Crippen LogP contribution < -0.4 is 10.6 Å². The summed E-state index contributed by atoms with van der Waals surface area (Å²) in [4.78, 5) is 42.6. The summed E-state index contributed by atoms with van der Waals surface area (Å²) in [6.07, 6.45) is -0.448. The van der Waals surface area contributed by atoms with E-state index in [1.807, 2.05) is 77.9 Å². The van der Waals surface area contributed by atoms with Crippen molar-refractivity contribution >= 4 is 33.9 Å². The van der Waals surface area contributed by atoms with E-state index in [9.17, 15) is 27.2 Å². The van der Waals surface area contributed by atoms with Gasteiger partial charge in [0, 0.05) is 48.6 Å². The zero-order valence-corrected chi connectivity index (χ0v) is 30.7. The van der Waals surface area contributed by atoms with Crippen molar-refractivity contribution in [1.29, 1.82) is 0 Å². The largest absolute Gasteiger partial charge is 0.345 e. The fourth-order valence-corrected chi connectivity index (χ4v) is 7.15. The van der Waals surface area contributed by atoms with E-state index in [4.69, 9.17) is 9.97 Å². The molecule has 2 atom stereocenters. The molecule has 278 valence electrons. The number of aromatic nitrogens is 4. The zero-order valence-electron chi connectivity index (χ0n) is 30.7. The molecule has 2 heterocycles. The summed E-state index contributed by atoms with van der Waals surface area (Å²) in [5.41, 5.74) is 3.66. The van der Waals surface area contributed by atoms with Gasteiger partial charge in [-0.3, -0.25) is 9.59 Å². The quantitative estimate of drug-likeness (QED) is 0.118. The highest BCUT2D eigenvalue weighted by Crippen LogP contribution is 2.40. The Labute approximate surface area is 301 Å². The van der Waals surface area contributed by atoms with Crippen LogP contribution in [0.15, 0.2) is 36.4 Å². The molecule has 2 fully saturated rings. The third-order valence-corrected chi connectivity index (χ3v) is 10.4. The molecule has 52 heavy (non-hydrogen) atoms. The van der Waals surface area contributed by atoms with Gasteiger partial charge >= 0.3 is 0 Å². The number of nitrogens with one attached hydrogen (secondary N) is 4. The molecule has 8 nitrogen and oxygen atoms in total. The van der Waals surface area contributed by atoms with Crippen molar-refractivity contribution in [3.8, 4) is 11.8 Å². The molecule has 0 spiro atoms. The molecule has 2 aromatic carbocycles. The Balaban J connectivity index is 1.17. The number of alkyl halides is 4. The minimum atomic E-state index is -2.70. The van der Waals surface area contributed by atoms with Crippen molar-refractivity contribution in [3.63, 3.8) is 0 Å². The van der Waals surface area contributed by atoms with Gasteiger partial charge in [0.1, 0.15) is 11.6 Å². The average Bonchev–Trinajstić information content (AvgIpc) is 3.67. The molecule has 4 aromatic rings. The van der Waals surface area contributed by atoms with E-state index < -0.39 is 46.6 Å². The summed E-state index contributed by atoms with van der Waals surface area (Å²) in [6, 6.07) is 10.4. The summed E-state index contributed by atoms with van der Waals surface area (Å²) in [5, 5.41) is 6.18. The number of fused-ring (bicyclic) bond motifs is 2. The van der Waals surface area contributed by atoms with Crippen molar-refractivity contribution in [2.45, 2.75) is 117 Å². The van der Waals surface area contributed by atoms with Gasteiger partial charge in [-0.05, 0) is 72.9 Å². The molecule has 0 bridgehead atoms. The number of aromatic amines is 2. The summed E-state index contributed by atoms with van der Waals surface area (Å²) in [7, 11) is 0. The number of imidazole rings is 2. The van der Waals surface area contributed by atoms with Crippen LogP contribution in [-0.2, 0) is 9.59 Å². The smallest absolute Gasteiger partial charge is 0.248 e. The second-order valence-corrected chi connectivity index (χ2v) is 16.8. The number of nitrogens with zero attached hydrogens (tertiary/aromatic N) is 2. The van der Waals surface area contributed by atoms with Crippen LogP contribution in [-0.4, -0.2) is 43.6 Å². The lowest BCUT2D eigenvalue weighted by molar-refractivity contribution is -0.131. The Kier molecular flexibility index (Phi) is 9.96. The van der Waals surface area contributed by atoms with Gasteiger partial charge in [-0.2, -0.15) is 0 Å². The molecule has 0 saturated heterocycles. The first-order valence-electron chi connectivity index (χ1n) is 18.1. The van der Waals surface area contributed by atoms with Gasteiger partial charge in [0.15, 0.2) is 0 Å². The molecule has 2 amide bonds. The maximum Gasteiger partial charge on any atom is 0.248 e. The van der Waals surface area contributed by atoms with E-state index in [-0.39, 0.29) is 63.2 Å². The number of rotatable bonds is 6. The molecule has 0 aliphatic heterocycles. The number of carbonyl (C=O) groups excluding carboxylic acids is 2. The zero-order chi connectivity index (χ0) is 37.6. The second-order valence-electron chi connectivity index (χ2n) is 16.8. The fraction of sp³-hybridized carbons (Fsp3) is 0.550. The molecule has 2 aliphatic rings. The molecular weight excluding hydrogens is 672 g/mol. The number of amides is 2. The fourth-order valence-electron chi connectivity index (χ4n) is 7.15. The lowest BCUT2D eigenvalue weighted by atomic mass is 9.83. The van der Waals surface area contributed by atoms with E-state index in [1.54, 1.807) is 0 Å². The molecule has 12 heteroatoms. The first kappa shape index (κ1) is 37.4. The van der Waals surface area contributed by atoms with Crippen LogP contribution in [0.3, 0.4) is 0 Å². The minimum Gasteiger partial charge on any atom is -0.345 e. The molecular formula is C40H48F4N6O2. The van der Waals surface area contributed by atoms with E-state index in [1.165, 1.54) is 0 Å². The summed E-state index contributed by atoms with van der Waals surface area (Å²) < 4.78 is 54.8. The topological polar surface area (TPSA) is 116 Å². The van der Waals surface area contributed by atoms with Gasteiger partial charge in [-0.25, -0.2) is 27.5 Å². The standard InChI is InChI=1S/C40H48F4N6O2/c1-37(2,3)31(49-35(51)25-13-17-39(41,42)18-14-25)33-45-27-11-9-23(21-29(27)47-33)7-8-24-10-12-28-30(22-24)48-34(46-28)32(38(4,5)6)50-36(52)26-15-19-40(43,44)20-16-26/h9-12,21-22,25-26,31-32H,13-20H2,1-6H3,(H,45,47)(H,46,48)(H,49,51)(H,50,52)/t31-,32?/m1/s1. The molecule has 4 N–H and O–H groups in total. The second kappa shape index (κ2) is 13.9. The van der Waals surface area contributed by atoms with Crippen LogP contribution in [0.5, 0.6) is 0 Å². The van der Waals surface area contributed by atoms with Crippen LogP contribution in [0.4, 0.5) is 17.6 Å². The number of carbonyl (C=O) groups is 2. The maximum atomic E-state index is 13.7. The first-order valence-corrected chi connectivity index (χ1v) is 18.1. The third-order valence-electron chi connectivity index (χ3n) is 10.4. The SMILES string of the molecule is CC(C)(C)C(NC(=O)C1CCC(F)(F)CC1)c1nc2ccc(C#Cc3ccc4nc([C@@H](NC(=O)C5CCC(F)(F)CC5)C(C)(C)C)[nH]c4c3)cc2[nH]1. The molecule has 1 unspecified atom stereocenters. The summed E-state index contributed by atoms with van der Waals surface area (Å²) in [6.45, 7) is 12.0. The average molecular weight is 721 g/mol. The number of H-pyrrole nitrogens is 2. The molecule has 2 aromatic heterocycles. The Morgan fingerprint density at radius 2 is 1.02 bits per heavy atom. The Morgan fingerprint density at radius 3 is 1.35 bits per heavy atom. The lowest BCUT2D eigenvalue weighted by Gasteiger charge is -2.33. The van der Waals surface area contributed by atoms with Crippen LogP contribution in [0.2, 0.25) is 0 Å². The van der Waals surface area contributed by atoms with E-state index in [0.29, 0.717) is 11.6 Å². The van der Waals surface area contributed by atoms with Gasteiger partial charge in [0.05, 0.1) is 34.2 Å². The Hall–Kier alpha value is -4.40. The van der Waals surface area contributed by atoms with Crippen molar-refractivity contribution in [2.24, 2.45) is 22.7 Å². The van der Waals surface area contributed by atoms with Gasteiger partial charge in [0.25, 0.3) is 0 Å². The highest BCUT2D eigenvalue weighted by molar-refractivity contribution is 5.81. The third kappa shape index (κ3) is 8.62. The normalized spacial score (nSPS) is 19.5. The number of hydrogen-bond acceptors (Lipinski definition) is 4. The molecule has 2 aliphatic carbocycles. The van der Waals surface area contributed by atoms with Crippen molar-refractivity contribution < 1.29 is 27.2 Å². The van der Waals surface area contributed by atoms with E-state index in [0.717, 1.165) is 33.2 Å². The lowest BCUT2D eigenvalue weighted by Crippen LogP contribution is -2.42. The molecule has 0 radical (unpaired) electrons. The number of benzene rings is 2. The van der Waals surface area contributed by atoms with Gasteiger partial charge in [0.2, 0.25) is 23.7 Å². The van der Waals surface area contributed by atoms with Crippen molar-refractivity contribution in [3.05, 3.63) is 59.2 Å². The highest BCUT2D eigenvalue weighted by Gasteiger charge is 2.41. The van der Waals surface area contributed by atoms with Crippen molar-refractivity contribution in [1.82, 2.24) is 30.6 Å².